The van der Waals surface area contributed by atoms with Crippen molar-refractivity contribution in [2.45, 2.75) is 6.04 Å². The molecule has 1 aliphatic rings. The average Bonchev–Trinajstić information content (AvgIpc) is 3.51. The summed E-state index contributed by atoms with van der Waals surface area (Å²) in [5, 5.41) is 9.48. The number of hydrogen-bond donors (Lipinski definition) is 3. The Bertz CT molecular complexity index is 1680. The standard InChI is InChI=1S/C25H20N10/c26-15-12-35(13-15)23-11-28-9-21(32-23)14-5-17-24(33-34-25(17)30-7-14)20-6-16-18(8-27-10-22(16)31-20)19-3-1-2-4-29-19/h1-11,15,31H,12-13,26H2,(H,30,33,34). The number of anilines is 1. The second kappa shape index (κ2) is 7.67. The maximum Gasteiger partial charge on any atom is 0.181 e. The quantitative estimate of drug-likeness (QED) is 0.365. The average molecular weight is 461 g/mol. The fourth-order valence-corrected chi connectivity index (χ4v) is 4.50. The van der Waals surface area contributed by atoms with E-state index in [9.17, 15) is 0 Å². The van der Waals surface area contributed by atoms with E-state index in [1.807, 2.05) is 36.7 Å². The zero-order valence-electron chi connectivity index (χ0n) is 18.6. The second-order valence-electron chi connectivity index (χ2n) is 8.67. The number of hydrogen-bond acceptors (Lipinski definition) is 8. The molecule has 7 rings (SSSR count). The third-order valence-electron chi connectivity index (χ3n) is 6.32. The molecule has 0 radical (unpaired) electrons. The Balaban J connectivity index is 1.31. The Morgan fingerprint density at radius 3 is 2.69 bits per heavy atom. The first-order valence-electron chi connectivity index (χ1n) is 11.3. The molecular weight excluding hydrogens is 440 g/mol. The summed E-state index contributed by atoms with van der Waals surface area (Å²) in [6, 6.07) is 10.2. The Labute approximate surface area is 199 Å². The van der Waals surface area contributed by atoms with E-state index in [1.165, 1.54) is 0 Å². The van der Waals surface area contributed by atoms with Crippen molar-refractivity contribution < 1.29 is 0 Å². The van der Waals surface area contributed by atoms with Gasteiger partial charge in [-0.3, -0.25) is 20.1 Å². The second-order valence-corrected chi connectivity index (χ2v) is 8.67. The van der Waals surface area contributed by atoms with Gasteiger partial charge in [-0.15, -0.1) is 0 Å². The molecule has 1 aliphatic heterocycles. The van der Waals surface area contributed by atoms with Gasteiger partial charge in [0.15, 0.2) is 5.65 Å². The monoisotopic (exact) mass is 460 g/mol. The van der Waals surface area contributed by atoms with Crippen LogP contribution in [0.4, 0.5) is 5.82 Å². The van der Waals surface area contributed by atoms with Crippen LogP contribution >= 0.6 is 0 Å². The van der Waals surface area contributed by atoms with Gasteiger partial charge in [0.05, 0.1) is 46.9 Å². The highest BCUT2D eigenvalue weighted by Crippen LogP contribution is 2.33. The molecule has 6 aromatic heterocycles. The highest BCUT2D eigenvalue weighted by atomic mass is 15.3. The van der Waals surface area contributed by atoms with Gasteiger partial charge >= 0.3 is 0 Å². The zero-order chi connectivity index (χ0) is 23.4. The van der Waals surface area contributed by atoms with Gasteiger partial charge in [-0.25, -0.2) is 9.97 Å². The van der Waals surface area contributed by atoms with Gasteiger partial charge in [0.25, 0.3) is 0 Å². The first kappa shape index (κ1) is 19.7. The third-order valence-corrected chi connectivity index (χ3v) is 6.32. The first-order chi connectivity index (χ1) is 17.2. The van der Waals surface area contributed by atoms with Crippen molar-refractivity contribution in [2.75, 3.05) is 18.0 Å². The molecule has 0 aliphatic carbocycles. The lowest BCUT2D eigenvalue weighted by molar-refractivity contribution is 0.514. The van der Waals surface area contributed by atoms with Crippen LogP contribution < -0.4 is 10.6 Å². The molecule has 10 nitrogen and oxygen atoms in total. The molecule has 4 N–H and O–H groups in total. The topological polar surface area (TPSA) is 138 Å². The molecule has 0 atom stereocenters. The van der Waals surface area contributed by atoms with Gasteiger partial charge < -0.3 is 15.6 Å². The number of rotatable bonds is 4. The Kier molecular flexibility index (Phi) is 4.33. The smallest absolute Gasteiger partial charge is 0.181 e. The van der Waals surface area contributed by atoms with Crippen molar-refractivity contribution in [3.63, 3.8) is 0 Å². The van der Waals surface area contributed by atoms with E-state index in [0.717, 1.165) is 69.1 Å². The molecular formula is C25H20N10. The number of pyridine rings is 3. The van der Waals surface area contributed by atoms with E-state index < -0.39 is 0 Å². The first-order valence-corrected chi connectivity index (χ1v) is 11.3. The lowest BCUT2D eigenvalue weighted by Gasteiger charge is -2.37. The number of nitrogens with two attached hydrogens (primary N) is 1. The summed E-state index contributed by atoms with van der Waals surface area (Å²) in [4.78, 5) is 28.2. The van der Waals surface area contributed by atoms with Gasteiger partial charge in [0.2, 0.25) is 0 Å². The van der Waals surface area contributed by atoms with Gasteiger partial charge in [-0.1, -0.05) is 6.07 Å². The molecule has 35 heavy (non-hydrogen) atoms. The SMILES string of the molecule is NC1CN(c2cncc(-c3cnc4n[nH]c(-c5cc6c(-c7ccccn7)cncc6[nH]5)c4c3)n2)C1. The van der Waals surface area contributed by atoms with Crippen molar-refractivity contribution in [1.82, 2.24) is 40.1 Å². The summed E-state index contributed by atoms with van der Waals surface area (Å²) in [5.74, 6) is 0.821. The van der Waals surface area contributed by atoms with E-state index in [-0.39, 0.29) is 6.04 Å². The number of aromatic nitrogens is 8. The van der Waals surface area contributed by atoms with Crippen molar-refractivity contribution >= 4 is 27.8 Å². The van der Waals surface area contributed by atoms with Gasteiger partial charge in [0, 0.05) is 59.6 Å². The van der Waals surface area contributed by atoms with Crippen LogP contribution in [0, 0.1) is 0 Å². The van der Waals surface area contributed by atoms with Gasteiger partial charge in [0.1, 0.15) is 5.82 Å². The van der Waals surface area contributed by atoms with Crippen LogP contribution in [0.1, 0.15) is 0 Å². The number of nitrogens with zero attached hydrogens (tertiary/aromatic N) is 7. The Morgan fingerprint density at radius 2 is 1.83 bits per heavy atom. The van der Waals surface area contributed by atoms with Crippen LogP contribution in [0.25, 0.3) is 55.8 Å². The lowest BCUT2D eigenvalue weighted by atomic mass is 10.1. The summed E-state index contributed by atoms with van der Waals surface area (Å²) in [7, 11) is 0. The van der Waals surface area contributed by atoms with E-state index in [2.05, 4.69) is 46.1 Å². The van der Waals surface area contributed by atoms with E-state index >= 15 is 0 Å². The number of H-pyrrole nitrogens is 2. The van der Waals surface area contributed by atoms with Crippen molar-refractivity contribution in [3.05, 3.63) is 67.5 Å². The third kappa shape index (κ3) is 3.30. The molecule has 0 aromatic carbocycles. The summed E-state index contributed by atoms with van der Waals surface area (Å²) in [5.41, 5.74) is 12.7. The van der Waals surface area contributed by atoms with Crippen LogP contribution in [0.15, 0.2) is 67.5 Å². The molecule has 0 amide bonds. The van der Waals surface area contributed by atoms with Crippen LogP contribution in [0.3, 0.4) is 0 Å². The molecule has 0 saturated carbocycles. The maximum atomic E-state index is 5.93. The minimum atomic E-state index is 0.191. The van der Waals surface area contributed by atoms with Crippen molar-refractivity contribution in [2.24, 2.45) is 5.73 Å². The van der Waals surface area contributed by atoms with E-state index in [0.29, 0.717) is 5.65 Å². The fraction of sp³-hybridized carbons (Fsp3) is 0.120. The van der Waals surface area contributed by atoms with Crippen LogP contribution in [-0.2, 0) is 0 Å². The molecule has 10 heteroatoms. The summed E-state index contributed by atoms with van der Waals surface area (Å²) < 4.78 is 0. The highest BCUT2D eigenvalue weighted by Gasteiger charge is 2.24. The lowest BCUT2D eigenvalue weighted by Crippen LogP contribution is -2.56. The molecule has 1 saturated heterocycles. The summed E-state index contributed by atoms with van der Waals surface area (Å²) in [6.45, 7) is 1.58. The number of nitrogens with one attached hydrogen (secondary N) is 2. The molecule has 6 aromatic rings. The normalized spacial score (nSPS) is 14.0. The fourth-order valence-electron chi connectivity index (χ4n) is 4.50. The summed E-state index contributed by atoms with van der Waals surface area (Å²) >= 11 is 0. The Hall–Kier alpha value is -4.70. The number of fused-ring (bicyclic) bond motifs is 2. The van der Waals surface area contributed by atoms with Crippen molar-refractivity contribution in [1.29, 1.82) is 0 Å². The summed E-state index contributed by atoms with van der Waals surface area (Å²) in [6.07, 6.45) is 10.7. The molecule has 7 heterocycles. The van der Waals surface area contributed by atoms with Crippen LogP contribution in [-0.4, -0.2) is 59.2 Å². The van der Waals surface area contributed by atoms with E-state index in [4.69, 9.17) is 10.7 Å². The van der Waals surface area contributed by atoms with Gasteiger partial charge in [-0.05, 0) is 24.3 Å². The highest BCUT2D eigenvalue weighted by molar-refractivity contribution is 6.00. The van der Waals surface area contributed by atoms with Gasteiger partial charge in [-0.2, -0.15) is 5.10 Å². The van der Waals surface area contributed by atoms with E-state index in [1.54, 1.807) is 24.8 Å². The predicted octanol–water partition coefficient (Wildman–Crippen LogP) is 3.17. The molecule has 0 unspecified atom stereocenters. The Morgan fingerprint density at radius 1 is 0.914 bits per heavy atom. The molecule has 0 spiro atoms. The van der Waals surface area contributed by atoms with Crippen LogP contribution in [0.2, 0.25) is 0 Å². The molecule has 0 bridgehead atoms. The minimum Gasteiger partial charge on any atom is -0.352 e. The van der Waals surface area contributed by atoms with Crippen molar-refractivity contribution in [3.8, 4) is 33.9 Å². The zero-order valence-corrected chi connectivity index (χ0v) is 18.6. The molecule has 170 valence electrons. The van der Waals surface area contributed by atoms with Crippen LogP contribution in [0.5, 0.6) is 0 Å². The number of aromatic amines is 2. The predicted molar refractivity (Wildman–Crippen MR) is 133 cm³/mol. The largest absolute Gasteiger partial charge is 0.352 e. The molecule has 1 fully saturated rings. The minimum absolute atomic E-state index is 0.191. The maximum absolute atomic E-state index is 5.93.